The Morgan fingerprint density at radius 3 is 2.65 bits per heavy atom. The number of aryl methyl sites for hydroxylation is 1. The number of rotatable bonds is 3. The fourth-order valence-electron chi connectivity index (χ4n) is 3.00. The molecule has 0 radical (unpaired) electrons. The van der Waals surface area contributed by atoms with Gasteiger partial charge in [-0.15, -0.1) is 0 Å². The first-order valence-corrected chi connectivity index (χ1v) is 7.77. The van der Waals surface area contributed by atoms with Gasteiger partial charge in [0.25, 0.3) is 5.91 Å². The van der Waals surface area contributed by atoms with Gasteiger partial charge in [-0.1, -0.05) is 30.3 Å². The Morgan fingerprint density at radius 1 is 1.26 bits per heavy atom. The van der Waals surface area contributed by atoms with Crippen LogP contribution in [0.3, 0.4) is 0 Å². The summed E-state index contributed by atoms with van der Waals surface area (Å²) >= 11 is 0. The van der Waals surface area contributed by atoms with Gasteiger partial charge in [0.15, 0.2) is 6.10 Å². The first-order chi connectivity index (χ1) is 11.1. The average Bonchev–Trinajstić information content (AvgIpc) is 3.00. The Labute approximate surface area is 136 Å². The molecule has 3 rings (SSSR count). The second-order valence-corrected chi connectivity index (χ2v) is 5.99. The third-order valence-corrected chi connectivity index (χ3v) is 4.47. The number of hydrogen-bond acceptors (Lipinski definition) is 4. The molecule has 6 nitrogen and oxygen atoms in total. The van der Waals surface area contributed by atoms with Crippen LogP contribution < -0.4 is 0 Å². The first-order valence-electron chi connectivity index (χ1n) is 7.77. The number of aliphatic hydroxyl groups excluding tert-OH is 1. The fourth-order valence-corrected chi connectivity index (χ4v) is 3.00. The van der Waals surface area contributed by atoms with Gasteiger partial charge in [0.2, 0.25) is 0 Å². The van der Waals surface area contributed by atoms with Crippen molar-refractivity contribution in [3.05, 3.63) is 54.1 Å². The van der Waals surface area contributed by atoms with Gasteiger partial charge in [0.1, 0.15) is 5.82 Å². The number of hydrogen-bond donors (Lipinski definition) is 1. The number of aromatic nitrogens is 2. The minimum absolute atomic E-state index is 0.0377. The topological polar surface area (TPSA) is 61.6 Å². The van der Waals surface area contributed by atoms with Crippen molar-refractivity contribution < 1.29 is 9.90 Å². The lowest BCUT2D eigenvalue weighted by molar-refractivity contribution is -0.143. The van der Waals surface area contributed by atoms with Gasteiger partial charge in [-0.3, -0.25) is 9.69 Å². The van der Waals surface area contributed by atoms with Gasteiger partial charge >= 0.3 is 0 Å². The summed E-state index contributed by atoms with van der Waals surface area (Å²) in [6.45, 7) is 1.90. The van der Waals surface area contributed by atoms with Gasteiger partial charge < -0.3 is 14.6 Å². The second kappa shape index (κ2) is 6.52. The van der Waals surface area contributed by atoms with E-state index in [4.69, 9.17) is 0 Å². The molecule has 1 saturated heterocycles. The maximum atomic E-state index is 12.6. The zero-order valence-electron chi connectivity index (χ0n) is 13.5. The van der Waals surface area contributed by atoms with Crippen LogP contribution in [0.5, 0.6) is 0 Å². The second-order valence-electron chi connectivity index (χ2n) is 5.99. The molecular formula is C17H22N4O2. The summed E-state index contributed by atoms with van der Waals surface area (Å²) in [4.78, 5) is 21.0. The molecule has 2 aromatic rings. The molecule has 0 bridgehead atoms. The highest BCUT2D eigenvalue weighted by Gasteiger charge is 2.33. The van der Waals surface area contributed by atoms with E-state index in [2.05, 4.69) is 9.88 Å². The Kier molecular flexibility index (Phi) is 4.45. The molecule has 1 aliphatic rings. The quantitative estimate of drug-likeness (QED) is 0.917. The van der Waals surface area contributed by atoms with E-state index in [1.54, 1.807) is 23.2 Å². The van der Waals surface area contributed by atoms with Crippen LogP contribution in [0.25, 0.3) is 0 Å². The molecule has 1 aliphatic heterocycles. The molecule has 1 amide bonds. The van der Waals surface area contributed by atoms with Crippen LogP contribution in [-0.4, -0.2) is 57.0 Å². The molecule has 1 aromatic heterocycles. The van der Waals surface area contributed by atoms with E-state index in [1.807, 2.05) is 43.1 Å². The summed E-state index contributed by atoms with van der Waals surface area (Å²) in [5.74, 6) is 0.683. The molecule has 2 atom stereocenters. The number of nitrogens with zero attached hydrogens (tertiary/aromatic N) is 4. The molecule has 0 saturated carbocycles. The maximum Gasteiger partial charge on any atom is 0.256 e. The number of amides is 1. The van der Waals surface area contributed by atoms with Gasteiger partial charge in [-0.25, -0.2) is 4.98 Å². The van der Waals surface area contributed by atoms with E-state index < -0.39 is 6.10 Å². The minimum Gasteiger partial charge on any atom is -0.378 e. The van der Waals surface area contributed by atoms with Crippen LogP contribution in [0.15, 0.2) is 42.7 Å². The normalized spacial score (nSPS) is 20.5. The van der Waals surface area contributed by atoms with Gasteiger partial charge in [-0.05, 0) is 12.6 Å². The number of carbonyl (C=O) groups excluding carboxylic acids is 1. The van der Waals surface area contributed by atoms with Crippen molar-refractivity contribution in [3.8, 4) is 0 Å². The SMILES string of the molecule is CN1CCN(C(=O)[C@@H](O)c2ccccc2)C[C@H]1c1nccn1C. The van der Waals surface area contributed by atoms with Crippen molar-refractivity contribution in [2.75, 3.05) is 26.7 Å². The van der Waals surface area contributed by atoms with Crippen LogP contribution in [0.4, 0.5) is 0 Å². The summed E-state index contributed by atoms with van der Waals surface area (Å²) in [7, 11) is 3.99. The fraction of sp³-hybridized carbons (Fsp3) is 0.412. The number of imidazole rings is 1. The summed E-state index contributed by atoms with van der Waals surface area (Å²) in [5, 5.41) is 10.4. The average molecular weight is 314 g/mol. The van der Waals surface area contributed by atoms with Crippen molar-refractivity contribution in [2.24, 2.45) is 7.05 Å². The highest BCUT2D eigenvalue weighted by molar-refractivity contribution is 5.82. The Morgan fingerprint density at radius 2 is 2.00 bits per heavy atom. The lowest BCUT2D eigenvalue weighted by Gasteiger charge is -2.39. The van der Waals surface area contributed by atoms with Crippen molar-refractivity contribution >= 4 is 5.91 Å². The van der Waals surface area contributed by atoms with E-state index in [1.165, 1.54) is 0 Å². The van der Waals surface area contributed by atoms with Gasteiger partial charge in [0, 0.05) is 39.1 Å². The number of benzene rings is 1. The summed E-state index contributed by atoms with van der Waals surface area (Å²) in [6, 6.07) is 9.10. The zero-order chi connectivity index (χ0) is 16.4. The van der Waals surface area contributed by atoms with Crippen molar-refractivity contribution in [1.29, 1.82) is 0 Å². The lowest BCUT2D eigenvalue weighted by Crippen LogP contribution is -2.50. The molecule has 0 aliphatic carbocycles. The molecule has 1 aromatic carbocycles. The van der Waals surface area contributed by atoms with E-state index in [0.717, 1.165) is 12.4 Å². The van der Waals surface area contributed by atoms with E-state index in [0.29, 0.717) is 18.7 Å². The lowest BCUT2D eigenvalue weighted by atomic mass is 10.1. The van der Waals surface area contributed by atoms with Gasteiger partial charge in [-0.2, -0.15) is 0 Å². The van der Waals surface area contributed by atoms with Crippen LogP contribution in [0.2, 0.25) is 0 Å². The number of piperazine rings is 1. The smallest absolute Gasteiger partial charge is 0.256 e. The highest BCUT2D eigenvalue weighted by Crippen LogP contribution is 2.25. The number of carbonyl (C=O) groups is 1. The Hall–Kier alpha value is -2.18. The standard InChI is InChI=1S/C17H22N4O2/c1-19-10-11-21(12-14(19)16-18-8-9-20(16)2)17(23)15(22)13-6-4-3-5-7-13/h3-9,14-15,22H,10-12H2,1-2H3/t14-,15-/m0/s1. The number of aliphatic hydroxyl groups is 1. The minimum atomic E-state index is -1.11. The molecular weight excluding hydrogens is 292 g/mol. The molecule has 0 unspecified atom stereocenters. The maximum absolute atomic E-state index is 12.6. The molecule has 23 heavy (non-hydrogen) atoms. The monoisotopic (exact) mass is 314 g/mol. The van der Waals surface area contributed by atoms with Crippen LogP contribution in [0.1, 0.15) is 23.5 Å². The van der Waals surface area contributed by atoms with E-state index in [-0.39, 0.29) is 11.9 Å². The van der Waals surface area contributed by atoms with Crippen molar-refractivity contribution in [1.82, 2.24) is 19.4 Å². The molecule has 2 heterocycles. The molecule has 1 N–H and O–H groups in total. The molecule has 1 fully saturated rings. The van der Waals surface area contributed by atoms with Crippen LogP contribution in [0, 0.1) is 0 Å². The summed E-state index contributed by atoms with van der Waals surface area (Å²) in [5.41, 5.74) is 0.630. The molecule has 6 heteroatoms. The van der Waals surface area contributed by atoms with E-state index >= 15 is 0 Å². The zero-order valence-corrected chi connectivity index (χ0v) is 13.5. The third-order valence-electron chi connectivity index (χ3n) is 4.47. The first kappa shape index (κ1) is 15.7. The van der Waals surface area contributed by atoms with Crippen molar-refractivity contribution in [3.63, 3.8) is 0 Å². The van der Waals surface area contributed by atoms with Gasteiger partial charge in [0.05, 0.1) is 6.04 Å². The Balaban J connectivity index is 1.76. The summed E-state index contributed by atoms with van der Waals surface area (Å²) < 4.78 is 1.97. The molecule has 0 spiro atoms. The largest absolute Gasteiger partial charge is 0.378 e. The Bertz CT molecular complexity index is 670. The number of likely N-dealkylation sites (N-methyl/N-ethyl adjacent to an activating group) is 1. The van der Waals surface area contributed by atoms with Crippen molar-refractivity contribution in [2.45, 2.75) is 12.1 Å². The summed E-state index contributed by atoms with van der Waals surface area (Å²) in [6.07, 6.45) is 2.56. The third kappa shape index (κ3) is 3.13. The van der Waals surface area contributed by atoms with Crippen LogP contribution >= 0.6 is 0 Å². The molecule has 122 valence electrons. The predicted octanol–water partition coefficient (Wildman–Crippen LogP) is 0.969. The van der Waals surface area contributed by atoms with Crippen LogP contribution in [-0.2, 0) is 11.8 Å². The highest BCUT2D eigenvalue weighted by atomic mass is 16.3. The predicted molar refractivity (Wildman–Crippen MR) is 86.6 cm³/mol. The van der Waals surface area contributed by atoms with E-state index in [9.17, 15) is 9.90 Å².